The third-order valence-corrected chi connectivity index (χ3v) is 3.34. The largest absolute Gasteiger partial charge is 0.379 e. The third-order valence-electron chi connectivity index (χ3n) is 2.13. The van der Waals surface area contributed by atoms with Crippen LogP contribution in [0.15, 0.2) is 28.6 Å². The number of hydrogen-bond donors (Lipinski definition) is 2. The quantitative estimate of drug-likeness (QED) is 0.707. The fourth-order valence-corrected chi connectivity index (χ4v) is 2.48. The predicted molar refractivity (Wildman–Crippen MR) is 70.6 cm³/mol. The van der Waals surface area contributed by atoms with Crippen molar-refractivity contribution < 1.29 is 4.74 Å². The highest BCUT2D eigenvalue weighted by atomic mass is 32.2. The van der Waals surface area contributed by atoms with Gasteiger partial charge in [-0.15, -0.1) is 24.0 Å². The Morgan fingerprint density at radius 1 is 1.25 bits per heavy atom. The molecular formula is C11H14N2OS2. The molecule has 1 aliphatic rings. The maximum Gasteiger partial charge on any atom is 0.148 e. The molecule has 16 heavy (non-hydrogen) atoms. The first-order valence-electron chi connectivity index (χ1n) is 5.19. The minimum absolute atomic E-state index is 0.834. The van der Waals surface area contributed by atoms with Crippen molar-refractivity contribution in [3.8, 4) is 0 Å². The summed E-state index contributed by atoms with van der Waals surface area (Å²) in [7, 11) is 0. The molecule has 0 saturated carbocycles. The van der Waals surface area contributed by atoms with E-state index < -0.39 is 0 Å². The Labute approximate surface area is 104 Å². The SMILES string of the molecule is C1COCCN1.Sc1nc2ccccc2s1. The van der Waals surface area contributed by atoms with Gasteiger partial charge < -0.3 is 10.1 Å². The van der Waals surface area contributed by atoms with Crippen molar-refractivity contribution in [2.45, 2.75) is 4.34 Å². The van der Waals surface area contributed by atoms with Crippen LogP contribution in [0.25, 0.3) is 10.2 Å². The van der Waals surface area contributed by atoms with Gasteiger partial charge in [-0.05, 0) is 12.1 Å². The fourth-order valence-electron chi connectivity index (χ4n) is 1.38. The van der Waals surface area contributed by atoms with Gasteiger partial charge in [-0.3, -0.25) is 0 Å². The van der Waals surface area contributed by atoms with Gasteiger partial charge in [-0.1, -0.05) is 12.1 Å². The predicted octanol–water partition coefficient (Wildman–Crippen LogP) is 2.19. The lowest BCUT2D eigenvalue weighted by atomic mass is 10.3. The molecule has 0 unspecified atom stereocenters. The van der Waals surface area contributed by atoms with Gasteiger partial charge in [0, 0.05) is 13.1 Å². The maximum absolute atomic E-state index is 5.01. The number of thiazole rings is 1. The highest BCUT2D eigenvalue weighted by Gasteiger charge is 1.96. The molecule has 0 radical (unpaired) electrons. The Balaban J connectivity index is 0.000000138. The molecule has 0 amide bonds. The first kappa shape index (κ1) is 11.9. The lowest BCUT2D eigenvalue weighted by molar-refractivity contribution is 0.109. The number of nitrogens with one attached hydrogen (secondary N) is 1. The van der Waals surface area contributed by atoms with Crippen LogP contribution in [0.4, 0.5) is 0 Å². The van der Waals surface area contributed by atoms with E-state index in [-0.39, 0.29) is 0 Å². The summed E-state index contributed by atoms with van der Waals surface area (Å²) < 4.78 is 7.04. The number of nitrogens with zero attached hydrogens (tertiary/aromatic N) is 1. The average Bonchev–Trinajstić information content (AvgIpc) is 2.72. The van der Waals surface area contributed by atoms with Gasteiger partial charge in [0.25, 0.3) is 0 Å². The van der Waals surface area contributed by atoms with Crippen LogP contribution in [0.1, 0.15) is 0 Å². The zero-order valence-corrected chi connectivity index (χ0v) is 10.6. The molecule has 2 heterocycles. The number of aromatic nitrogens is 1. The van der Waals surface area contributed by atoms with Crippen LogP contribution in [-0.2, 0) is 4.74 Å². The van der Waals surface area contributed by atoms with Crippen LogP contribution in [-0.4, -0.2) is 31.3 Å². The molecule has 0 bridgehead atoms. The normalized spacial score (nSPS) is 15.6. The molecule has 86 valence electrons. The van der Waals surface area contributed by atoms with Gasteiger partial charge >= 0.3 is 0 Å². The zero-order valence-electron chi connectivity index (χ0n) is 8.85. The number of rotatable bonds is 0. The molecule has 1 saturated heterocycles. The molecule has 5 heteroatoms. The summed E-state index contributed by atoms with van der Waals surface area (Å²) in [6.45, 7) is 3.83. The Hall–Kier alpha value is -0.620. The van der Waals surface area contributed by atoms with Crippen molar-refractivity contribution in [2.24, 2.45) is 0 Å². The molecule has 3 rings (SSSR count). The third kappa shape index (κ3) is 3.45. The van der Waals surface area contributed by atoms with Crippen molar-refractivity contribution in [3.63, 3.8) is 0 Å². The van der Waals surface area contributed by atoms with Crippen molar-refractivity contribution in [1.82, 2.24) is 10.3 Å². The fraction of sp³-hybridized carbons (Fsp3) is 0.364. The van der Waals surface area contributed by atoms with Gasteiger partial charge in [0.1, 0.15) is 4.34 Å². The second kappa shape index (κ2) is 6.20. The molecule has 1 aromatic heterocycles. The van der Waals surface area contributed by atoms with E-state index in [0.717, 1.165) is 36.2 Å². The molecule has 0 atom stereocenters. The minimum Gasteiger partial charge on any atom is -0.379 e. The molecule has 2 aromatic rings. The average molecular weight is 254 g/mol. The van der Waals surface area contributed by atoms with Crippen molar-refractivity contribution in [1.29, 1.82) is 0 Å². The van der Waals surface area contributed by atoms with Gasteiger partial charge in [0.05, 0.1) is 23.4 Å². The number of morpholine rings is 1. The smallest absolute Gasteiger partial charge is 0.148 e. The van der Waals surface area contributed by atoms with Crippen LogP contribution < -0.4 is 5.32 Å². The Morgan fingerprint density at radius 3 is 2.56 bits per heavy atom. The van der Waals surface area contributed by atoms with Crippen molar-refractivity contribution in [3.05, 3.63) is 24.3 Å². The standard InChI is InChI=1S/C7H5NS2.C4H9NO/c9-7-8-5-3-1-2-4-6(5)10-7;1-3-6-4-2-5-1/h1-4H,(H,8,9);5H,1-4H2. The highest BCUT2D eigenvalue weighted by molar-refractivity contribution is 7.82. The lowest BCUT2D eigenvalue weighted by Gasteiger charge is -2.10. The van der Waals surface area contributed by atoms with E-state index in [1.54, 1.807) is 11.3 Å². The van der Waals surface area contributed by atoms with Crippen LogP contribution in [0, 0.1) is 0 Å². The first-order valence-corrected chi connectivity index (χ1v) is 6.45. The number of thiol groups is 1. The number of para-hydroxylation sites is 1. The molecule has 1 fully saturated rings. The number of hydrogen-bond acceptors (Lipinski definition) is 5. The lowest BCUT2D eigenvalue weighted by Crippen LogP contribution is -2.30. The molecule has 1 aliphatic heterocycles. The molecule has 1 aromatic carbocycles. The first-order chi connectivity index (χ1) is 7.86. The zero-order chi connectivity index (χ0) is 11.2. The number of fused-ring (bicyclic) bond motifs is 1. The molecule has 0 aliphatic carbocycles. The number of ether oxygens (including phenoxy) is 1. The Kier molecular flexibility index (Phi) is 4.59. The van der Waals surface area contributed by atoms with Gasteiger partial charge in [-0.2, -0.15) is 0 Å². The van der Waals surface area contributed by atoms with E-state index in [2.05, 4.69) is 22.9 Å². The molecule has 3 nitrogen and oxygen atoms in total. The van der Waals surface area contributed by atoms with Gasteiger partial charge in [0.2, 0.25) is 0 Å². The molecular weight excluding hydrogens is 240 g/mol. The van der Waals surface area contributed by atoms with Crippen LogP contribution in [0.3, 0.4) is 0 Å². The second-order valence-electron chi connectivity index (χ2n) is 3.33. The van der Waals surface area contributed by atoms with Gasteiger partial charge in [0.15, 0.2) is 0 Å². The van der Waals surface area contributed by atoms with Crippen LogP contribution >= 0.6 is 24.0 Å². The van der Waals surface area contributed by atoms with Crippen molar-refractivity contribution >= 4 is 34.2 Å². The van der Waals surface area contributed by atoms with Crippen molar-refractivity contribution in [2.75, 3.05) is 26.3 Å². The molecule has 0 spiro atoms. The highest BCUT2D eigenvalue weighted by Crippen LogP contribution is 2.23. The van der Waals surface area contributed by atoms with E-state index in [1.807, 2.05) is 24.3 Å². The van der Waals surface area contributed by atoms with Crippen LogP contribution in [0.5, 0.6) is 0 Å². The molecule has 1 N–H and O–H groups in total. The Bertz CT molecular complexity index is 396. The Morgan fingerprint density at radius 2 is 2.00 bits per heavy atom. The monoisotopic (exact) mass is 254 g/mol. The topological polar surface area (TPSA) is 34.1 Å². The summed E-state index contributed by atoms with van der Waals surface area (Å²) in [5.74, 6) is 0. The summed E-state index contributed by atoms with van der Waals surface area (Å²) in [4.78, 5) is 4.20. The minimum atomic E-state index is 0.834. The summed E-state index contributed by atoms with van der Waals surface area (Å²) >= 11 is 5.76. The summed E-state index contributed by atoms with van der Waals surface area (Å²) in [5, 5.41) is 3.16. The summed E-state index contributed by atoms with van der Waals surface area (Å²) in [6.07, 6.45) is 0. The van der Waals surface area contributed by atoms with E-state index in [1.165, 1.54) is 4.70 Å². The van der Waals surface area contributed by atoms with E-state index in [4.69, 9.17) is 4.74 Å². The van der Waals surface area contributed by atoms with E-state index in [9.17, 15) is 0 Å². The summed E-state index contributed by atoms with van der Waals surface area (Å²) in [6, 6.07) is 8.03. The maximum atomic E-state index is 5.01. The van der Waals surface area contributed by atoms with E-state index in [0.29, 0.717) is 0 Å². The number of benzene rings is 1. The second-order valence-corrected chi connectivity index (χ2v) is 5.08. The van der Waals surface area contributed by atoms with Crippen LogP contribution in [0.2, 0.25) is 0 Å². The van der Waals surface area contributed by atoms with E-state index >= 15 is 0 Å². The summed E-state index contributed by atoms with van der Waals surface area (Å²) in [5.41, 5.74) is 1.04. The van der Waals surface area contributed by atoms with Gasteiger partial charge in [-0.25, -0.2) is 4.98 Å².